The highest BCUT2D eigenvalue weighted by Crippen LogP contribution is 2.45. The number of rotatable bonds is 78. The summed E-state index contributed by atoms with van der Waals surface area (Å²) < 4.78 is 62.1. The minimum absolute atomic E-state index is 0.292. The number of hydrogen-bond donors (Lipinski definition) is 3. The fourth-order valence-electron chi connectivity index (χ4n) is 17.1. The molecule has 0 aliphatic rings. The quantitative estimate of drug-likeness (QED) is 0.0383. The number of ether oxygens (including phenoxy) is 9. The maximum absolute atomic E-state index is 15.8. The van der Waals surface area contributed by atoms with Crippen LogP contribution in [0.1, 0.15) is 449 Å². The average Bonchev–Trinajstić information content (AvgIpc) is 0.806. The summed E-state index contributed by atoms with van der Waals surface area (Å²) in [5, 5.41) is 9.81. The lowest BCUT2D eigenvalue weighted by Crippen LogP contribution is -2.18. The van der Waals surface area contributed by atoms with Crippen LogP contribution in [0, 0.1) is 107 Å². The van der Waals surface area contributed by atoms with Crippen molar-refractivity contribution in [3.63, 3.8) is 0 Å². The lowest BCUT2D eigenvalue weighted by Gasteiger charge is -2.21. The minimum Gasteiger partial charge on any atom is -0.490 e. The fraction of sp³-hybridized carbons (Fsp3) is 0.769. The second-order valence-corrected chi connectivity index (χ2v) is 45.2. The lowest BCUT2D eigenvalue weighted by molar-refractivity contribution is 0.101. The lowest BCUT2D eigenvalue weighted by atomic mass is 9.97. The predicted molar refractivity (Wildman–Crippen MR) is 561 cm³/mol. The Morgan fingerprint density at radius 2 is 0.311 bits per heavy atom. The van der Waals surface area contributed by atoms with E-state index in [9.17, 15) is 0 Å². The van der Waals surface area contributed by atoms with E-state index >= 15 is 14.4 Å². The van der Waals surface area contributed by atoms with E-state index in [-0.39, 0.29) is 0 Å². The monoisotopic (exact) mass is 1840 g/mol. The molecule has 9 atom stereocenters. The molecule has 15 heteroatoms. The van der Waals surface area contributed by atoms with Crippen LogP contribution in [-0.4, -0.2) is 77.2 Å². The summed E-state index contributed by atoms with van der Waals surface area (Å²) in [6, 6.07) is 16.0. The van der Waals surface area contributed by atoms with E-state index in [1.54, 1.807) is 54.6 Å². The van der Waals surface area contributed by atoms with Gasteiger partial charge in [-0.2, -0.15) is 0 Å². The third kappa shape index (κ3) is 53.9. The van der Waals surface area contributed by atoms with E-state index in [1.807, 2.05) is 0 Å². The first-order valence-corrected chi connectivity index (χ1v) is 54.1. The van der Waals surface area contributed by atoms with Crippen molar-refractivity contribution in [1.29, 1.82) is 0 Å². The number of anilines is 3. The zero-order valence-corrected chi connectivity index (χ0v) is 89.8. The molecule has 0 saturated carbocycles. The second-order valence-electron chi connectivity index (χ2n) is 45.2. The molecular formula is C117H201N3O12. The van der Waals surface area contributed by atoms with Gasteiger partial charge in [-0.1, -0.05) is 360 Å². The summed E-state index contributed by atoms with van der Waals surface area (Å²) in [4.78, 5) is 47.4. The molecule has 4 aromatic carbocycles. The van der Waals surface area contributed by atoms with E-state index in [1.165, 1.54) is 57.8 Å². The second kappa shape index (κ2) is 67.7. The normalized spacial score (nSPS) is 14.0. The first-order chi connectivity index (χ1) is 62.8. The number of carbonyl (C=O) groups is 3. The molecule has 4 rings (SSSR count). The Balaban J connectivity index is 2.09. The minimum atomic E-state index is -0.458. The van der Waals surface area contributed by atoms with E-state index in [2.05, 4.69) is 203 Å². The highest BCUT2D eigenvalue weighted by atomic mass is 16.6. The van der Waals surface area contributed by atoms with Crippen LogP contribution in [0.2, 0.25) is 0 Å². The molecule has 0 fully saturated rings. The maximum atomic E-state index is 15.8. The molecule has 0 aliphatic heterocycles. The van der Waals surface area contributed by atoms with Crippen LogP contribution in [0.3, 0.4) is 0 Å². The van der Waals surface area contributed by atoms with Gasteiger partial charge in [0.15, 0.2) is 34.5 Å². The van der Waals surface area contributed by atoms with Gasteiger partial charge in [-0.3, -0.25) is 14.4 Å². The Hall–Kier alpha value is -6.51. The summed E-state index contributed by atoms with van der Waals surface area (Å²) in [5.74, 6) is 12.4. The molecule has 0 heterocycles. The molecule has 0 spiro atoms. The number of nitrogens with one attached hydrogen (secondary N) is 3. The van der Waals surface area contributed by atoms with Gasteiger partial charge in [0.25, 0.3) is 17.7 Å². The van der Waals surface area contributed by atoms with Gasteiger partial charge in [-0.15, -0.1) is 0 Å². The topological polar surface area (TPSA) is 170 Å². The summed E-state index contributed by atoms with van der Waals surface area (Å²) in [5.41, 5.74) is 1.78. The van der Waals surface area contributed by atoms with Gasteiger partial charge in [-0.25, -0.2) is 0 Å². The first-order valence-electron chi connectivity index (χ1n) is 54.1. The van der Waals surface area contributed by atoms with Crippen LogP contribution in [0.4, 0.5) is 17.1 Å². The highest BCUT2D eigenvalue weighted by Gasteiger charge is 2.27. The number of amides is 3. The van der Waals surface area contributed by atoms with Crippen LogP contribution in [0.25, 0.3) is 0 Å². The summed E-state index contributed by atoms with van der Waals surface area (Å²) in [6.45, 7) is 65.7. The molecule has 9 unspecified atom stereocenters. The summed E-state index contributed by atoms with van der Waals surface area (Å²) >= 11 is 0. The number of hydrogen-bond acceptors (Lipinski definition) is 12. The smallest absolute Gasteiger partial charge is 0.255 e. The Bertz CT molecular complexity index is 3180. The van der Waals surface area contributed by atoms with Gasteiger partial charge in [0.1, 0.15) is 0 Å². The van der Waals surface area contributed by atoms with Gasteiger partial charge in [-0.05, 0) is 219 Å². The van der Waals surface area contributed by atoms with Crippen LogP contribution < -0.4 is 58.6 Å². The fourth-order valence-corrected chi connectivity index (χ4v) is 17.1. The average molecular weight is 1840 g/mol. The molecule has 756 valence electrons. The van der Waals surface area contributed by atoms with Crippen molar-refractivity contribution in [2.24, 2.45) is 107 Å². The van der Waals surface area contributed by atoms with Crippen molar-refractivity contribution in [1.82, 2.24) is 0 Å². The van der Waals surface area contributed by atoms with Crippen LogP contribution in [0.15, 0.2) is 54.6 Å². The first kappa shape index (κ1) is 118. The van der Waals surface area contributed by atoms with Gasteiger partial charge < -0.3 is 58.6 Å². The zero-order chi connectivity index (χ0) is 97.5. The van der Waals surface area contributed by atoms with Crippen LogP contribution in [0.5, 0.6) is 51.7 Å². The van der Waals surface area contributed by atoms with Gasteiger partial charge in [0, 0.05) is 33.8 Å². The Kier molecular flexibility index (Phi) is 60.4. The van der Waals surface area contributed by atoms with Crippen molar-refractivity contribution in [2.45, 2.75) is 418 Å². The maximum Gasteiger partial charge on any atom is 0.255 e. The van der Waals surface area contributed by atoms with Crippen molar-refractivity contribution >= 4 is 34.8 Å². The molecule has 132 heavy (non-hydrogen) atoms. The van der Waals surface area contributed by atoms with Gasteiger partial charge in [0.05, 0.1) is 59.5 Å². The molecule has 15 nitrogen and oxygen atoms in total. The van der Waals surface area contributed by atoms with Crippen molar-refractivity contribution in [2.75, 3.05) is 75.4 Å². The largest absolute Gasteiger partial charge is 0.490 e. The van der Waals surface area contributed by atoms with Crippen molar-refractivity contribution in [3.05, 3.63) is 71.3 Å². The number of carbonyl (C=O) groups excluding carboxylic acids is 3. The molecular weight excluding hydrogens is 1640 g/mol. The van der Waals surface area contributed by atoms with Crippen molar-refractivity contribution < 1.29 is 57.0 Å². The Morgan fingerprint density at radius 3 is 0.439 bits per heavy atom. The predicted octanol–water partition coefficient (Wildman–Crippen LogP) is 34.5. The van der Waals surface area contributed by atoms with E-state index in [0.29, 0.717) is 251 Å². The molecule has 4 aromatic rings. The zero-order valence-electron chi connectivity index (χ0n) is 89.8. The third-order valence-electron chi connectivity index (χ3n) is 26.6. The molecule has 3 N–H and O–H groups in total. The molecule has 3 amide bonds. The Labute approximate surface area is 810 Å². The summed E-state index contributed by atoms with van der Waals surface area (Å²) in [7, 11) is 0. The molecule has 0 saturated heterocycles. The van der Waals surface area contributed by atoms with E-state index in [0.717, 1.165) is 173 Å². The molecule has 0 bridgehead atoms. The van der Waals surface area contributed by atoms with E-state index in [4.69, 9.17) is 42.6 Å². The number of benzene rings is 4. The third-order valence-corrected chi connectivity index (χ3v) is 26.6. The molecule has 0 radical (unpaired) electrons. The van der Waals surface area contributed by atoms with Gasteiger partial charge >= 0.3 is 0 Å². The van der Waals surface area contributed by atoms with Gasteiger partial charge in [0.2, 0.25) is 17.2 Å². The Morgan fingerprint density at radius 1 is 0.182 bits per heavy atom. The van der Waals surface area contributed by atoms with Crippen LogP contribution >= 0.6 is 0 Å². The highest BCUT2D eigenvalue weighted by molar-refractivity contribution is 6.10. The molecule has 0 aromatic heterocycles. The van der Waals surface area contributed by atoms with Crippen molar-refractivity contribution in [3.8, 4) is 51.7 Å². The van der Waals surface area contributed by atoms with Crippen LogP contribution in [-0.2, 0) is 0 Å². The standard InChI is InChI=1S/C117H201N3O12/c1-82(2)37-28-46-91(19)55-64-124-106-73-100(74-107(125-65-56-92(20)47-29-38-83(3)4)112(106)130-70-61-97(25)52-34-43-88(13)14)115(121)118-103-79-104(119-116(122)101-75-108(126-66-57-93(21)48-30-39-84(5)6)113(131-71-62-98(26)53-35-44-89(15)16)109(76-101)127-67-58-94(22)49-31-40-85(7)8)81-105(80-103)120-117(123)102-77-110(128-68-59-95(23)50-32-41-86(9)10)114(132-72-63-99(27)54-36-45-90(17)18)111(78-102)129-69-60-96(24)51-33-42-87(11)12/h73-99H,28-72H2,1-27H3,(H,118,121)(H,119,122)(H,120,123). The SMILES string of the molecule is CC(C)CCCC(C)CCOc1cc(C(=O)Nc2cc(NC(=O)c3cc(OCCC(C)CCCC(C)C)c(OCCC(C)CCCC(C)C)c(OCCC(C)CCCC(C)C)c3)cc(NC(=O)c3cc(OCCC(C)CCCC(C)C)c(OCCC(C)CCCC(C)C)c(OCCC(C)CCCC(C)C)c3)c2)cc(OCCC(C)CCCC(C)C)c1OCCC(C)CCCC(C)C. The van der Waals surface area contributed by atoms with E-state index < -0.39 is 17.7 Å². The summed E-state index contributed by atoms with van der Waals surface area (Å²) in [6.07, 6.45) is 38.3. The molecule has 0 aliphatic carbocycles.